The van der Waals surface area contributed by atoms with Gasteiger partial charge in [-0.25, -0.2) is 4.79 Å². The van der Waals surface area contributed by atoms with E-state index in [1.54, 1.807) is 22.3 Å². The van der Waals surface area contributed by atoms with Gasteiger partial charge in [0.2, 0.25) is 0 Å². The highest BCUT2D eigenvalue weighted by atomic mass is 32.1. The number of thiophene rings is 1. The fraction of sp³-hybridized carbons (Fsp3) is 0.273. The molecule has 0 radical (unpaired) electrons. The van der Waals surface area contributed by atoms with Crippen molar-refractivity contribution in [3.8, 4) is 0 Å². The Kier molecular flexibility index (Phi) is 3.43. The van der Waals surface area contributed by atoms with E-state index in [1.165, 1.54) is 11.3 Å². The van der Waals surface area contributed by atoms with Gasteiger partial charge in [-0.15, -0.1) is 11.3 Å². The molecule has 0 bridgehead atoms. The van der Waals surface area contributed by atoms with E-state index in [0.29, 0.717) is 10.6 Å². The van der Waals surface area contributed by atoms with Crippen LogP contribution in [0.1, 0.15) is 22.2 Å². The van der Waals surface area contributed by atoms with E-state index in [-0.39, 0.29) is 12.6 Å². The molecule has 2 N–H and O–H groups in total. The summed E-state index contributed by atoms with van der Waals surface area (Å²) >= 11 is 1.28. The maximum absolute atomic E-state index is 11.7. The van der Waals surface area contributed by atoms with E-state index in [0.717, 1.165) is 12.1 Å². The first kappa shape index (κ1) is 11.7. The van der Waals surface area contributed by atoms with Crippen molar-refractivity contribution in [2.75, 3.05) is 5.73 Å². The summed E-state index contributed by atoms with van der Waals surface area (Å²) in [6, 6.07) is 1.69. The second-order valence-electron chi connectivity index (χ2n) is 3.49. The molecular weight excluding hydrogens is 238 g/mol. The Morgan fingerprint density at radius 2 is 2.47 bits per heavy atom. The zero-order chi connectivity index (χ0) is 12.3. The summed E-state index contributed by atoms with van der Waals surface area (Å²) in [5.41, 5.74) is 6.96. The molecule has 2 rings (SSSR count). The van der Waals surface area contributed by atoms with Crippen molar-refractivity contribution in [2.45, 2.75) is 20.1 Å². The molecule has 0 spiro atoms. The van der Waals surface area contributed by atoms with E-state index in [2.05, 4.69) is 5.10 Å². The highest BCUT2D eigenvalue weighted by molar-refractivity contribution is 7.12. The molecule has 2 aromatic heterocycles. The van der Waals surface area contributed by atoms with Gasteiger partial charge in [-0.1, -0.05) is 0 Å². The summed E-state index contributed by atoms with van der Waals surface area (Å²) in [5.74, 6) is -0.387. The summed E-state index contributed by atoms with van der Waals surface area (Å²) < 4.78 is 6.93. The maximum atomic E-state index is 11.7. The molecule has 6 heteroatoms. The summed E-state index contributed by atoms with van der Waals surface area (Å²) in [6.07, 6.45) is 3.54. The maximum Gasteiger partial charge on any atom is 0.350 e. The van der Waals surface area contributed by atoms with Crippen LogP contribution < -0.4 is 5.73 Å². The van der Waals surface area contributed by atoms with Crippen molar-refractivity contribution >= 4 is 23.0 Å². The molecule has 0 aromatic carbocycles. The van der Waals surface area contributed by atoms with Gasteiger partial charge in [-0.2, -0.15) is 5.10 Å². The van der Waals surface area contributed by atoms with E-state index in [1.807, 2.05) is 13.1 Å². The second kappa shape index (κ2) is 5.01. The minimum atomic E-state index is -0.387. The monoisotopic (exact) mass is 251 g/mol. The molecule has 2 heterocycles. The molecule has 0 saturated heterocycles. The van der Waals surface area contributed by atoms with Crippen molar-refractivity contribution in [2.24, 2.45) is 0 Å². The Balaban J connectivity index is 1.94. The molecule has 17 heavy (non-hydrogen) atoms. The van der Waals surface area contributed by atoms with Crippen LogP contribution in [0, 0.1) is 0 Å². The lowest BCUT2D eigenvalue weighted by molar-refractivity contribution is 0.0479. The van der Waals surface area contributed by atoms with Crippen molar-refractivity contribution < 1.29 is 9.53 Å². The fourth-order valence-corrected chi connectivity index (χ4v) is 2.06. The molecule has 90 valence electrons. The minimum absolute atomic E-state index is 0.218. The highest BCUT2D eigenvalue weighted by Gasteiger charge is 2.12. The Bertz CT molecular complexity index is 518. The Morgan fingerprint density at radius 3 is 3.06 bits per heavy atom. The van der Waals surface area contributed by atoms with Gasteiger partial charge in [0.25, 0.3) is 0 Å². The van der Waals surface area contributed by atoms with Crippen molar-refractivity contribution in [3.63, 3.8) is 0 Å². The zero-order valence-electron chi connectivity index (χ0n) is 9.42. The van der Waals surface area contributed by atoms with E-state index in [9.17, 15) is 4.79 Å². The Hall–Kier alpha value is -1.82. The van der Waals surface area contributed by atoms with Crippen LogP contribution in [0.25, 0.3) is 0 Å². The predicted octanol–water partition coefficient (Wildman–Crippen LogP) is 1.90. The van der Waals surface area contributed by atoms with Gasteiger partial charge in [0.1, 0.15) is 11.5 Å². The van der Waals surface area contributed by atoms with Crippen LogP contribution in [0.2, 0.25) is 0 Å². The molecule has 0 aliphatic heterocycles. The van der Waals surface area contributed by atoms with Crippen LogP contribution in [-0.4, -0.2) is 15.7 Å². The number of esters is 1. The highest BCUT2D eigenvalue weighted by Crippen LogP contribution is 2.20. The van der Waals surface area contributed by atoms with Gasteiger partial charge >= 0.3 is 5.97 Å². The van der Waals surface area contributed by atoms with Crippen molar-refractivity contribution in [1.82, 2.24) is 9.78 Å². The van der Waals surface area contributed by atoms with E-state index in [4.69, 9.17) is 10.5 Å². The van der Waals surface area contributed by atoms with E-state index >= 15 is 0 Å². The van der Waals surface area contributed by atoms with Gasteiger partial charge < -0.3 is 10.5 Å². The second-order valence-corrected chi connectivity index (χ2v) is 4.40. The largest absolute Gasteiger partial charge is 0.456 e. The lowest BCUT2D eigenvalue weighted by Crippen LogP contribution is -2.05. The van der Waals surface area contributed by atoms with Crippen LogP contribution in [0.15, 0.2) is 23.8 Å². The molecule has 0 aliphatic rings. The van der Waals surface area contributed by atoms with Crippen LogP contribution in [-0.2, 0) is 17.9 Å². The number of ether oxygens (including phenoxy) is 1. The first-order chi connectivity index (χ1) is 8.20. The number of hydrogen-bond donors (Lipinski definition) is 1. The minimum Gasteiger partial charge on any atom is -0.456 e. The molecule has 0 saturated carbocycles. The van der Waals surface area contributed by atoms with Gasteiger partial charge in [0.05, 0.1) is 11.9 Å². The number of nitrogens with zero attached hydrogens (tertiary/aromatic N) is 2. The number of nitrogens with two attached hydrogens (primary N) is 1. The normalized spacial score (nSPS) is 10.4. The molecule has 0 amide bonds. The molecular formula is C11H13N3O2S. The topological polar surface area (TPSA) is 70.1 Å². The van der Waals surface area contributed by atoms with Crippen molar-refractivity contribution in [1.29, 1.82) is 0 Å². The molecule has 0 fully saturated rings. The van der Waals surface area contributed by atoms with Crippen LogP contribution in [0.3, 0.4) is 0 Å². The van der Waals surface area contributed by atoms with Crippen LogP contribution in [0.4, 0.5) is 5.69 Å². The first-order valence-corrected chi connectivity index (χ1v) is 6.10. The first-order valence-electron chi connectivity index (χ1n) is 5.22. The molecule has 0 unspecified atom stereocenters. The molecule has 5 nitrogen and oxygen atoms in total. The Morgan fingerprint density at radius 1 is 1.65 bits per heavy atom. The van der Waals surface area contributed by atoms with Crippen LogP contribution in [0.5, 0.6) is 0 Å². The number of carbonyl (C=O) groups excluding carboxylic acids is 1. The number of hydrogen-bond acceptors (Lipinski definition) is 5. The summed E-state index contributed by atoms with van der Waals surface area (Å²) in [6.45, 7) is 3.01. The van der Waals surface area contributed by atoms with Gasteiger partial charge in [0.15, 0.2) is 0 Å². The lowest BCUT2D eigenvalue weighted by Gasteiger charge is -2.01. The quantitative estimate of drug-likeness (QED) is 0.842. The van der Waals surface area contributed by atoms with Gasteiger partial charge in [-0.3, -0.25) is 4.68 Å². The predicted molar refractivity (Wildman–Crippen MR) is 65.8 cm³/mol. The van der Waals surface area contributed by atoms with Crippen LogP contribution >= 0.6 is 11.3 Å². The number of nitrogen functional groups attached to an aromatic ring is 1. The standard InChI is InChI=1S/C11H13N3O2S/c1-2-14-6-8(5-13-14)7-16-11(15)10-9(12)3-4-17-10/h3-6H,2,7,12H2,1H3. The number of carbonyl (C=O) groups is 1. The van der Waals surface area contributed by atoms with Gasteiger partial charge in [0, 0.05) is 18.3 Å². The van der Waals surface area contributed by atoms with Gasteiger partial charge in [-0.05, 0) is 18.4 Å². The average molecular weight is 251 g/mol. The van der Waals surface area contributed by atoms with E-state index < -0.39 is 0 Å². The number of aromatic nitrogens is 2. The molecule has 2 aromatic rings. The number of aryl methyl sites for hydroxylation is 1. The third kappa shape index (κ3) is 2.65. The number of rotatable bonds is 4. The lowest BCUT2D eigenvalue weighted by atomic mass is 10.4. The summed E-state index contributed by atoms with van der Waals surface area (Å²) in [5, 5.41) is 5.86. The number of anilines is 1. The smallest absolute Gasteiger partial charge is 0.350 e. The third-order valence-corrected chi connectivity index (χ3v) is 3.17. The summed E-state index contributed by atoms with van der Waals surface area (Å²) in [4.78, 5) is 12.1. The SMILES string of the molecule is CCn1cc(COC(=O)c2sccc2N)cn1. The molecule has 0 aliphatic carbocycles. The third-order valence-electron chi connectivity index (χ3n) is 2.26. The summed E-state index contributed by atoms with van der Waals surface area (Å²) in [7, 11) is 0. The average Bonchev–Trinajstić information content (AvgIpc) is 2.94. The molecule has 0 atom stereocenters. The zero-order valence-corrected chi connectivity index (χ0v) is 10.2. The Labute approximate surface area is 103 Å². The fourth-order valence-electron chi connectivity index (χ4n) is 1.35. The van der Waals surface area contributed by atoms with Crippen molar-refractivity contribution in [3.05, 3.63) is 34.3 Å².